The van der Waals surface area contributed by atoms with E-state index in [1.54, 1.807) is 17.5 Å². The van der Waals surface area contributed by atoms with Gasteiger partial charge in [-0.15, -0.1) is 11.3 Å². The van der Waals surface area contributed by atoms with Gasteiger partial charge in [0, 0.05) is 5.56 Å². The van der Waals surface area contributed by atoms with Gasteiger partial charge in [0.05, 0.1) is 28.9 Å². The SMILES string of the molecule is COC(=O)Nc1cc(C(=O)c2cccs2)cc2c1N(N)C(=O)C2=O. The number of anilines is 2. The highest BCUT2D eigenvalue weighted by Crippen LogP contribution is 2.36. The first-order valence-corrected chi connectivity index (χ1v) is 7.56. The summed E-state index contributed by atoms with van der Waals surface area (Å²) in [6.45, 7) is 0. The molecule has 1 aromatic heterocycles. The van der Waals surface area contributed by atoms with Crippen LogP contribution in [0.1, 0.15) is 25.6 Å². The third-order valence-electron chi connectivity index (χ3n) is 3.44. The van der Waals surface area contributed by atoms with Crippen molar-refractivity contribution >= 4 is 46.3 Å². The van der Waals surface area contributed by atoms with Crippen molar-refractivity contribution in [3.63, 3.8) is 0 Å². The normalized spacial score (nSPS) is 13.0. The molecule has 8 nitrogen and oxygen atoms in total. The van der Waals surface area contributed by atoms with E-state index in [4.69, 9.17) is 5.84 Å². The molecule has 9 heteroatoms. The van der Waals surface area contributed by atoms with E-state index >= 15 is 0 Å². The Morgan fingerprint density at radius 1 is 1.29 bits per heavy atom. The molecule has 24 heavy (non-hydrogen) atoms. The number of carbonyl (C=O) groups excluding carboxylic acids is 4. The van der Waals surface area contributed by atoms with E-state index in [9.17, 15) is 19.2 Å². The smallest absolute Gasteiger partial charge is 0.411 e. The fourth-order valence-electron chi connectivity index (χ4n) is 2.33. The van der Waals surface area contributed by atoms with E-state index in [-0.39, 0.29) is 28.3 Å². The lowest BCUT2D eigenvalue weighted by atomic mass is 10.0. The molecule has 1 aromatic carbocycles. The van der Waals surface area contributed by atoms with Gasteiger partial charge in [0.25, 0.3) is 5.78 Å². The molecule has 1 aliphatic heterocycles. The zero-order valence-corrected chi connectivity index (χ0v) is 13.2. The van der Waals surface area contributed by atoms with Crippen LogP contribution in [0, 0.1) is 0 Å². The van der Waals surface area contributed by atoms with Gasteiger partial charge in [0.15, 0.2) is 0 Å². The number of nitrogens with two attached hydrogens (primary N) is 1. The summed E-state index contributed by atoms with van der Waals surface area (Å²) in [6.07, 6.45) is -0.821. The minimum atomic E-state index is -0.946. The van der Waals surface area contributed by atoms with Crippen LogP contribution in [0.2, 0.25) is 0 Å². The Morgan fingerprint density at radius 2 is 2.04 bits per heavy atom. The van der Waals surface area contributed by atoms with E-state index in [2.05, 4.69) is 10.1 Å². The van der Waals surface area contributed by atoms with Crippen LogP contribution in [-0.2, 0) is 9.53 Å². The average Bonchev–Trinajstić information content (AvgIpc) is 3.18. The Hall–Kier alpha value is -3.04. The average molecular weight is 345 g/mol. The van der Waals surface area contributed by atoms with Crippen LogP contribution >= 0.6 is 11.3 Å². The molecule has 0 atom stereocenters. The number of hydrogen-bond acceptors (Lipinski definition) is 7. The highest BCUT2D eigenvalue weighted by Gasteiger charge is 2.37. The summed E-state index contributed by atoms with van der Waals surface area (Å²) in [7, 11) is 1.16. The maximum Gasteiger partial charge on any atom is 0.411 e. The van der Waals surface area contributed by atoms with Gasteiger partial charge in [-0.05, 0) is 23.6 Å². The van der Waals surface area contributed by atoms with Gasteiger partial charge in [-0.2, -0.15) is 0 Å². The van der Waals surface area contributed by atoms with Crippen molar-refractivity contribution in [3.05, 3.63) is 45.6 Å². The van der Waals surface area contributed by atoms with Crippen LogP contribution < -0.4 is 16.2 Å². The minimum Gasteiger partial charge on any atom is -0.453 e. The number of nitrogens with one attached hydrogen (secondary N) is 1. The molecule has 2 heterocycles. The number of methoxy groups -OCH3 is 1. The molecule has 0 fully saturated rings. The lowest BCUT2D eigenvalue weighted by molar-refractivity contribution is -0.114. The maximum absolute atomic E-state index is 12.5. The number of fused-ring (bicyclic) bond motifs is 1. The Morgan fingerprint density at radius 3 is 2.67 bits per heavy atom. The van der Waals surface area contributed by atoms with Crippen LogP contribution in [0.3, 0.4) is 0 Å². The highest BCUT2D eigenvalue weighted by molar-refractivity contribution is 7.12. The van der Waals surface area contributed by atoms with Gasteiger partial charge < -0.3 is 4.74 Å². The van der Waals surface area contributed by atoms with Crippen molar-refractivity contribution in [2.45, 2.75) is 0 Å². The summed E-state index contributed by atoms with van der Waals surface area (Å²) in [5.41, 5.74) is 0.175. The van der Waals surface area contributed by atoms with Gasteiger partial charge in [0.1, 0.15) is 0 Å². The number of benzene rings is 1. The summed E-state index contributed by atoms with van der Waals surface area (Å²) in [4.78, 5) is 48.3. The largest absolute Gasteiger partial charge is 0.453 e. The van der Waals surface area contributed by atoms with Crippen molar-refractivity contribution in [2.24, 2.45) is 5.84 Å². The number of nitrogens with zero attached hydrogens (tertiary/aromatic N) is 1. The first-order chi connectivity index (χ1) is 11.4. The lowest BCUT2D eigenvalue weighted by Crippen LogP contribution is -2.36. The number of amides is 2. The van der Waals surface area contributed by atoms with Gasteiger partial charge in [-0.1, -0.05) is 6.07 Å². The molecule has 3 N–H and O–H groups in total. The minimum absolute atomic E-state index is 0.0260. The van der Waals surface area contributed by atoms with Crippen molar-refractivity contribution in [3.8, 4) is 0 Å². The van der Waals surface area contributed by atoms with Crippen molar-refractivity contribution < 1.29 is 23.9 Å². The predicted molar refractivity (Wildman–Crippen MR) is 86.2 cm³/mol. The number of ketones is 2. The number of hydrazine groups is 1. The highest BCUT2D eigenvalue weighted by atomic mass is 32.1. The number of hydrogen-bond donors (Lipinski definition) is 2. The molecule has 1 aliphatic rings. The first kappa shape index (κ1) is 15.8. The van der Waals surface area contributed by atoms with Crippen LogP contribution in [0.4, 0.5) is 16.2 Å². The van der Waals surface area contributed by atoms with E-state index < -0.39 is 17.8 Å². The van der Waals surface area contributed by atoms with Crippen LogP contribution in [0.5, 0.6) is 0 Å². The van der Waals surface area contributed by atoms with Crippen molar-refractivity contribution in [1.82, 2.24) is 0 Å². The zero-order chi connectivity index (χ0) is 17.4. The van der Waals surface area contributed by atoms with Crippen molar-refractivity contribution in [2.75, 3.05) is 17.4 Å². The van der Waals surface area contributed by atoms with E-state index in [1.807, 2.05) is 0 Å². The summed E-state index contributed by atoms with van der Waals surface area (Å²) in [5, 5.41) is 4.75. The molecule has 0 aliphatic carbocycles. The molecule has 0 spiro atoms. The molecule has 2 aromatic rings. The van der Waals surface area contributed by atoms with Gasteiger partial charge in [0.2, 0.25) is 5.78 Å². The Kier molecular flexibility index (Phi) is 3.87. The summed E-state index contributed by atoms with van der Waals surface area (Å²) in [6, 6.07) is 6.00. The molecule has 2 amide bonds. The molecule has 0 saturated heterocycles. The standard InChI is InChI=1S/C15H11N3O5S/c1-23-15(22)17-9-6-7(12(19)10-3-2-4-24-10)5-8-11(9)18(16)14(21)13(8)20/h2-6H,16H2,1H3,(H,17,22). The fourth-order valence-corrected chi connectivity index (χ4v) is 3.02. The van der Waals surface area contributed by atoms with Gasteiger partial charge >= 0.3 is 12.0 Å². The van der Waals surface area contributed by atoms with Crippen LogP contribution in [0.15, 0.2) is 29.6 Å². The Labute approximate surface area is 139 Å². The molecular weight excluding hydrogens is 334 g/mol. The second kappa shape index (κ2) is 5.87. The molecule has 0 bridgehead atoms. The molecule has 0 radical (unpaired) electrons. The molecule has 0 unspecified atom stereocenters. The molecule has 122 valence electrons. The zero-order valence-electron chi connectivity index (χ0n) is 12.4. The second-order valence-electron chi connectivity index (χ2n) is 4.85. The van der Waals surface area contributed by atoms with E-state index in [0.717, 1.165) is 7.11 Å². The number of Topliss-reactive ketones (excluding diaryl/α,β-unsaturated/α-hetero) is 1. The quantitative estimate of drug-likeness (QED) is 0.377. The monoisotopic (exact) mass is 345 g/mol. The van der Waals surface area contributed by atoms with E-state index in [1.165, 1.54) is 23.5 Å². The third kappa shape index (κ3) is 2.45. The second-order valence-corrected chi connectivity index (χ2v) is 5.79. The third-order valence-corrected chi connectivity index (χ3v) is 4.31. The van der Waals surface area contributed by atoms with Gasteiger partial charge in [-0.25, -0.2) is 15.6 Å². The molecule has 0 saturated carbocycles. The molecule has 3 rings (SSSR count). The molecular formula is C15H11N3O5S. The van der Waals surface area contributed by atoms with Gasteiger partial charge in [-0.3, -0.25) is 19.7 Å². The van der Waals surface area contributed by atoms with Crippen molar-refractivity contribution in [1.29, 1.82) is 0 Å². The Bertz CT molecular complexity index is 875. The van der Waals surface area contributed by atoms with Crippen LogP contribution in [-0.4, -0.2) is 30.7 Å². The predicted octanol–water partition coefficient (Wildman–Crippen LogP) is 1.56. The number of carbonyl (C=O) groups is 4. The summed E-state index contributed by atoms with van der Waals surface area (Å²) >= 11 is 1.24. The number of rotatable bonds is 3. The number of ether oxygens (including phenoxy) is 1. The Balaban J connectivity index is 2.15. The van der Waals surface area contributed by atoms with Crippen LogP contribution in [0.25, 0.3) is 0 Å². The maximum atomic E-state index is 12.5. The topological polar surface area (TPSA) is 119 Å². The lowest BCUT2D eigenvalue weighted by Gasteiger charge is -2.15. The van der Waals surface area contributed by atoms with E-state index in [0.29, 0.717) is 9.89 Å². The summed E-state index contributed by atoms with van der Waals surface area (Å²) < 4.78 is 4.51. The first-order valence-electron chi connectivity index (χ1n) is 6.68. The summed E-state index contributed by atoms with van der Waals surface area (Å²) in [5.74, 6) is 3.48. The fraction of sp³-hybridized carbons (Fsp3) is 0.0667. The number of thiophene rings is 1.